The summed E-state index contributed by atoms with van der Waals surface area (Å²) in [5.74, 6) is -0.167. The third-order valence-corrected chi connectivity index (χ3v) is 3.39. The molecule has 1 aliphatic rings. The van der Waals surface area contributed by atoms with Crippen molar-refractivity contribution in [2.45, 2.75) is 45.6 Å². The Morgan fingerprint density at radius 3 is 2.48 bits per heavy atom. The second kappa shape index (κ2) is 7.46. The maximum absolute atomic E-state index is 12.3. The summed E-state index contributed by atoms with van der Waals surface area (Å²) in [5, 5.41) is 4.59. The lowest BCUT2D eigenvalue weighted by atomic mass is 10.1. The number of carbonyl (C=O) groups excluding carboxylic acids is 2. The minimum atomic E-state index is -0.562. The monoisotopic (exact) mass is 319 g/mol. The molecule has 23 heavy (non-hydrogen) atoms. The molecular weight excluding hydrogens is 294 g/mol. The van der Waals surface area contributed by atoms with Crippen molar-refractivity contribution in [2.24, 2.45) is 0 Å². The number of hydrazine groups is 1. The van der Waals surface area contributed by atoms with E-state index in [4.69, 9.17) is 4.74 Å². The van der Waals surface area contributed by atoms with Gasteiger partial charge in [0, 0.05) is 24.3 Å². The van der Waals surface area contributed by atoms with Crippen LogP contribution in [-0.4, -0.2) is 35.7 Å². The highest BCUT2D eigenvalue weighted by Gasteiger charge is 2.17. The van der Waals surface area contributed by atoms with Crippen molar-refractivity contribution in [3.63, 3.8) is 0 Å². The van der Waals surface area contributed by atoms with Gasteiger partial charge in [-0.1, -0.05) is 12.5 Å². The second-order valence-electron chi connectivity index (χ2n) is 6.70. The smallest absolute Gasteiger partial charge is 0.412 e. The van der Waals surface area contributed by atoms with Crippen LogP contribution in [0.5, 0.6) is 0 Å². The number of ether oxygens (including phenoxy) is 1. The Bertz CT molecular complexity index is 560. The first-order valence-electron chi connectivity index (χ1n) is 7.99. The molecular formula is C17H25N3O3. The lowest BCUT2D eigenvalue weighted by Crippen LogP contribution is -2.45. The van der Waals surface area contributed by atoms with Gasteiger partial charge in [0.1, 0.15) is 5.60 Å². The number of piperidine rings is 1. The van der Waals surface area contributed by atoms with Gasteiger partial charge in [-0.05, 0) is 51.8 Å². The molecule has 0 radical (unpaired) electrons. The van der Waals surface area contributed by atoms with Crippen LogP contribution in [0.1, 0.15) is 50.4 Å². The van der Waals surface area contributed by atoms with Gasteiger partial charge < -0.3 is 4.74 Å². The summed E-state index contributed by atoms with van der Waals surface area (Å²) in [7, 11) is 0. The van der Waals surface area contributed by atoms with Crippen molar-refractivity contribution in [3.05, 3.63) is 29.8 Å². The fourth-order valence-electron chi connectivity index (χ4n) is 2.37. The summed E-state index contributed by atoms with van der Waals surface area (Å²) in [6.07, 6.45) is 2.87. The van der Waals surface area contributed by atoms with E-state index in [1.54, 1.807) is 45.0 Å². The summed E-state index contributed by atoms with van der Waals surface area (Å²) in [6, 6.07) is 6.82. The SMILES string of the molecule is CC(C)(C)OC(=O)Nc1cccc(C(=O)NN2CCCCC2)c1. The highest BCUT2D eigenvalue weighted by molar-refractivity contribution is 5.96. The van der Waals surface area contributed by atoms with Crippen molar-refractivity contribution in [2.75, 3.05) is 18.4 Å². The number of hydrogen-bond acceptors (Lipinski definition) is 4. The first-order valence-corrected chi connectivity index (χ1v) is 7.99. The van der Waals surface area contributed by atoms with E-state index in [1.165, 1.54) is 6.42 Å². The first-order chi connectivity index (χ1) is 10.8. The molecule has 1 saturated heterocycles. The number of nitrogens with zero attached hydrogens (tertiary/aromatic N) is 1. The molecule has 0 unspecified atom stereocenters. The minimum Gasteiger partial charge on any atom is -0.444 e. The number of anilines is 1. The highest BCUT2D eigenvalue weighted by atomic mass is 16.6. The molecule has 2 rings (SSSR count). The molecule has 2 amide bonds. The molecule has 6 heteroatoms. The molecule has 1 aromatic carbocycles. The summed E-state index contributed by atoms with van der Waals surface area (Å²) in [6.45, 7) is 7.16. The minimum absolute atomic E-state index is 0.167. The Morgan fingerprint density at radius 2 is 1.83 bits per heavy atom. The number of nitrogens with one attached hydrogen (secondary N) is 2. The lowest BCUT2D eigenvalue weighted by Gasteiger charge is -2.26. The number of rotatable bonds is 3. The summed E-state index contributed by atoms with van der Waals surface area (Å²) in [4.78, 5) is 24.1. The molecule has 0 bridgehead atoms. The number of hydrogen-bond donors (Lipinski definition) is 2. The summed E-state index contributed by atoms with van der Waals surface area (Å²) in [5.41, 5.74) is 3.38. The summed E-state index contributed by atoms with van der Waals surface area (Å²) >= 11 is 0. The second-order valence-corrected chi connectivity index (χ2v) is 6.70. The van der Waals surface area contributed by atoms with Gasteiger partial charge in [-0.15, -0.1) is 0 Å². The van der Waals surface area contributed by atoms with E-state index in [2.05, 4.69) is 10.7 Å². The maximum Gasteiger partial charge on any atom is 0.412 e. The van der Waals surface area contributed by atoms with Crippen LogP contribution in [-0.2, 0) is 4.74 Å². The van der Waals surface area contributed by atoms with E-state index in [-0.39, 0.29) is 5.91 Å². The largest absolute Gasteiger partial charge is 0.444 e. The van der Waals surface area contributed by atoms with Crippen LogP contribution in [0.3, 0.4) is 0 Å². The maximum atomic E-state index is 12.3. The Hall–Kier alpha value is -2.08. The first kappa shape index (κ1) is 17.3. The Labute approximate surface area is 137 Å². The molecule has 126 valence electrons. The van der Waals surface area contributed by atoms with Crippen molar-refractivity contribution in [1.82, 2.24) is 10.4 Å². The number of amides is 2. The Kier molecular flexibility index (Phi) is 5.60. The molecule has 0 spiro atoms. The molecule has 1 fully saturated rings. The third-order valence-electron chi connectivity index (χ3n) is 3.39. The zero-order chi connectivity index (χ0) is 16.9. The van der Waals surface area contributed by atoms with Gasteiger partial charge in [-0.25, -0.2) is 9.80 Å². The molecule has 1 heterocycles. The normalized spacial score (nSPS) is 15.8. The van der Waals surface area contributed by atoms with Gasteiger partial charge in [0.05, 0.1) is 0 Å². The fourth-order valence-corrected chi connectivity index (χ4v) is 2.37. The zero-order valence-corrected chi connectivity index (χ0v) is 14.0. The van der Waals surface area contributed by atoms with Gasteiger partial charge in [0.25, 0.3) is 5.91 Å². The molecule has 0 aliphatic carbocycles. The average Bonchev–Trinajstić information content (AvgIpc) is 2.46. The van der Waals surface area contributed by atoms with E-state index >= 15 is 0 Å². The van der Waals surface area contributed by atoms with Gasteiger partial charge in [0.15, 0.2) is 0 Å². The van der Waals surface area contributed by atoms with Crippen molar-refractivity contribution < 1.29 is 14.3 Å². The topological polar surface area (TPSA) is 70.7 Å². The van der Waals surface area contributed by atoms with Crippen LogP contribution in [0.2, 0.25) is 0 Å². The quantitative estimate of drug-likeness (QED) is 0.898. The molecule has 1 aromatic rings. The Morgan fingerprint density at radius 1 is 1.13 bits per heavy atom. The van der Waals surface area contributed by atoms with Gasteiger partial charge in [-0.2, -0.15) is 0 Å². The fraction of sp³-hybridized carbons (Fsp3) is 0.529. The van der Waals surface area contributed by atoms with Crippen molar-refractivity contribution in [3.8, 4) is 0 Å². The number of carbonyl (C=O) groups is 2. The van der Waals surface area contributed by atoms with Crippen LogP contribution < -0.4 is 10.7 Å². The van der Waals surface area contributed by atoms with Gasteiger partial charge >= 0.3 is 6.09 Å². The van der Waals surface area contributed by atoms with Crippen molar-refractivity contribution in [1.29, 1.82) is 0 Å². The van der Waals surface area contributed by atoms with Crippen LogP contribution >= 0.6 is 0 Å². The van der Waals surface area contributed by atoms with Gasteiger partial charge in [0.2, 0.25) is 0 Å². The van der Waals surface area contributed by atoms with Crippen LogP contribution in [0.25, 0.3) is 0 Å². The molecule has 2 N–H and O–H groups in total. The van der Waals surface area contributed by atoms with Crippen LogP contribution in [0.4, 0.5) is 10.5 Å². The molecule has 6 nitrogen and oxygen atoms in total. The third kappa shape index (κ3) is 5.90. The van der Waals surface area contributed by atoms with E-state index in [0.29, 0.717) is 11.3 Å². The van der Waals surface area contributed by atoms with E-state index in [1.807, 2.05) is 5.01 Å². The van der Waals surface area contributed by atoms with Gasteiger partial charge in [-0.3, -0.25) is 15.5 Å². The highest BCUT2D eigenvalue weighted by Crippen LogP contribution is 2.14. The van der Waals surface area contributed by atoms with E-state index < -0.39 is 11.7 Å². The predicted molar refractivity (Wildman–Crippen MR) is 89.2 cm³/mol. The zero-order valence-electron chi connectivity index (χ0n) is 14.0. The summed E-state index contributed by atoms with van der Waals surface area (Å²) < 4.78 is 5.20. The van der Waals surface area contributed by atoms with E-state index in [9.17, 15) is 9.59 Å². The lowest BCUT2D eigenvalue weighted by molar-refractivity contribution is 0.0634. The number of benzene rings is 1. The molecule has 1 aliphatic heterocycles. The van der Waals surface area contributed by atoms with Crippen LogP contribution in [0.15, 0.2) is 24.3 Å². The van der Waals surface area contributed by atoms with E-state index in [0.717, 1.165) is 25.9 Å². The molecule has 0 saturated carbocycles. The average molecular weight is 319 g/mol. The van der Waals surface area contributed by atoms with Crippen molar-refractivity contribution >= 4 is 17.7 Å². The predicted octanol–water partition coefficient (Wildman–Crippen LogP) is 3.16. The Balaban J connectivity index is 1.95. The van der Waals surface area contributed by atoms with Crippen LogP contribution in [0, 0.1) is 0 Å². The molecule has 0 aromatic heterocycles. The standard InChI is InChI=1S/C17H25N3O3/c1-17(2,3)23-16(22)18-14-9-7-8-13(12-14)15(21)19-20-10-5-4-6-11-20/h7-9,12H,4-6,10-11H2,1-3H3,(H,18,22)(H,19,21). The molecule has 0 atom stereocenters.